The van der Waals surface area contributed by atoms with Crippen molar-refractivity contribution in [1.82, 2.24) is 4.90 Å². The van der Waals surface area contributed by atoms with Crippen LogP contribution < -0.4 is 0 Å². The molecule has 1 aliphatic rings. The van der Waals surface area contributed by atoms with E-state index >= 15 is 0 Å². The summed E-state index contributed by atoms with van der Waals surface area (Å²) in [5.74, 6) is -1.24. The fraction of sp³-hybridized carbons (Fsp3) is 0.533. The van der Waals surface area contributed by atoms with Crippen molar-refractivity contribution in [3.05, 3.63) is 29.8 Å². The molecule has 0 N–H and O–H groups in total. The zero-order valence-electron chi connectivity index (χ0n) is 12.8. The Hall–Kier alpha value is -1.50. The number of amides is 1. The van der Waals surface area contributed by atoms with Crippen molar-refractivity contribution in [2.24, 2.45) is 5.92 Å². The molecule has 2 rings (SSSR count). The molecule has 1 amide bonds. The lowest BCUT2D eigenvalue weighted by molar-refractivity contribution is 0.00202. The molecular weight excluding hydrogens is 312 g/mol. The van der Waals surface area contributed by atoms with Gasteiger partial charge in [-0.3, -0.25) is 4.21 Å². The van der Waals surface area contributed by atoms with E-state index in [-0.39, 0.29) is 16.6 Å². The number of hydrogen-bond donors (Lipinski definition) is 0. The standard InChI is InChI=1S/C15H19F2NO3S/c1-15(2,3)21-14(19)18-7-10(8-18)9-22(20)13-5-4-11(16)6-12(13)17/h4-6,10H,7-9H2,1-3H3. The van der Waals surface area contributed by atoms with Crippen LogP contribution in [0.1, 0.15) is 20.8 Å². The van der Waals surface area contributed by atoms with Crippen molar-refractivity contribution in [3.8, 4) is 0 Å². The minimum atomic E-state index is -1.55. The Morgan fingerprint density at radius 2 is 2.00 bits per heavy atom. The Morgan fingerprint density at radius 3 is 2.55 bits per heavy atom. The van der Waals surface area contributed by atoms with Gasteiger partial charge in [0.25, 0.3) is 0 Å². The van der Waals surface area contributed by atoms with Gasteiger partial charge < -0.3 is 9.64 Å². The van der Waals surface area contributed by atoms with Gasteiger partial charge in [0, 0.05) is 30.8 Å². The predicted octanol–water partition coefficient (Wildman–Crippen LogP) is 2.94. The number of ether oxygens (including phenoxy) is 1. The molecule has 1 aromatic rings. The fourth-order valence-corrected chi connectivity index (χ4v) is 3.43. The van der Waals surface area contributed by atoms with Gasteiger partial charge in [-0.05, 0) is 32.9 Å². The van der Waals surface area contributed by atoms with Crippen molar-refractivity contribution in [2.75, 3.05) is 18.8 Å². The van der Waals surface area contributed by atoms with Crippen LogP contribution in [0.4, 0.5) is 13.6 Å². The first-order chi connectivity index (χ1) is 10.2. The van der Waals surface area contributed by atoms with Crippen LogP contribution in [-0.4, -0.2) is 39.6 Å². The molecule has 22 heavy (non-hydrogen) atoms. The van der Waals surface area contributed by atoms with E-state index in [2.05, 4.69) is 0 Å². The van der Waals surface area contributed by atoms with E-state index in [4.69, 9.17) is 4.74 Å². The molecular formula is C15H19F2NO3S. The number of benzene rings is 1. The third-order valence-electron chi connectivity index (χ3n) is 3.14. The Morgan fingerprint density at radius 1 is 1.36 bits per heavy atom. The molecule has 0 aromatic heterocycles. The second-order valence-electron chi connectivity index (χ2n) is 6.34. The van der Waals surface area contributed by atoms with Gasteiger partial charge in [-0.1, -0.05) is 0 Å². The summed E-state index contributed by atoms with van der Waals surface area (Å²) in [4.78, 5) is 13.3. The van der Waals surface area contributed by atoms with E-state index in [9.17, 15) is 17.8 Å². The molecule has 1 atom stereocenters. The van der Waals surface area contributed by atoms with Crippen molar-refractivity contribution < 1.29 is 22.5 Å². The van der Waals surface area contributed by atoms with Gasteiger partial charge in [0.2, 0.25) is 0 Å². The highest BCUT2D eigenvalue weighted by Gasteiger charge is 2.34. The maximum atomic E-state index is 13.5. The molecule has 1 heterocycles. The summed E-state index contributed by atoms with van der Waals surface area (Å²) in [6.45, 7) is 6.23. The zero-order chi connectivity index (χ0) is 16.5. The largest absolute Gasteiger partial charge is 0.444 e. The number of carbonyl (C=O) groups excluding carboxylic acids is 1. The van der Waals surface area contributed by atoms with Gasteiger partial charge in [-0.2, -0.15) is 0 Å². The molecule has 1 aliphatic heterocycles. The van der Waals surface area contributed by atoms with Gasteiger partial charge in [0.05, 0.1) is 15.7 Å². The van der Waals surface area contributed by atoms with Crippen LogP contribution in [0.3, 0.4) is 0 Å². The van der Waals surface area contributed by atoms with Gasteiger partial charge in [-0.15, -0.1) is 0 Å². The maximum absolute atomic E-state index is 13.5. The van der Waals surface area contributed by atoms with E-state index in [1.54, 1.807) is 20.8 Å². The summed E-state index contributed by atoms with van der Waals surface area (Å²) in [6, 6.07) is 3.01. The van der Waals surface area contributed by atoms with E-state index < -0.39 is 34.1 Å². The highest BCUT2D eigenvalue weighted by molar-refractivity contribution is 7.85. The Labute approximate surface area is 130 Å². The average molecular weight is 331 g/mol. The normalized spacial score (nSPS) is 17.0. The maximum Gasteiger partial charge on any atom is 0.410 e. The van der Waals surface area contributed by atoms with Crippen LogP contribution in [0.2, 0.25) is 0 Å². The Bertz CT molecular complexity index is 595. The highest BCUT2D eigenvalue weighted by atomic mass is 32.2. The van der Waals surface area contributed by atoms with Crippen molar-refractivity contribution in [1.29, 1.82) is 0 Å². The van der Waals surface area contributed by atoms with Crippen molar-refractivity contribution in [2.45, 2.75) is 31.3 Å². The summed E-state index contributed by atoms with van der Waals surface area (Å²) < 4.78 is 43.7. The molecule has 1 fully saturated rings. The van der Waals surface area contributed by atoms with Gasteiger partial charge in [-0.25, -0.2) is 13.6 Å². The van der Waals surface area contributed by atoms with Gasteiger partial charge >= 0.3 is 6.09 Å². The van der Waals surface area contributed by atoms with Crippen LogP contribution in [0.5, 0.6) is 0 Å². The number of rotatable bonds is 3. The number of hydrogen-bond acceptors (Lipinski definition) is 3. The van der Waals surface area contributed by atoms with Gasteiger partial charge in [0.1, 0.15) is 17.2 Å². The highest BCUT2D eigenvalue weighted by Crippen LogP contribution is 2.23. The van der Waals surface area contributed by atoms with Crippen LogP contribution >= 0.6 is 0 Å². The first kappa shape index (κ1) is 16.9. The summed E-state index contributed by atoms with van der Waals surface area (Å²) in [6.07, 6.45) is -0.400. The molecule has 122 valence electrons. The predicted molar refractivity (Wildman–Crippen MR) is 78.9 cm³/mol. The second-order valence-corrected chi connectivity index (χ2v) is 7.80. The number of likely N-dealkylation sites (tertiary alicyclic amines) is 1. The lowest BCUT2D eigenvalue weighted by Crippen LogP contribution is -2.53. The van der Waals surface area contributed by atoms with Crippen LogP contribution in [0.15, 0.2) is 23.1 Å². The van der Waals surface area contributed by atoms with Crippen molar-refractivity contribution in [3.63, 3.8) is 0 Å². The summed E-state index contributed by atoms with van der Waals surface area (Å²) >= 11 is 0. The van der Waals surface area contributed by atoms with E-state index in [1.165, 1.54) is 11.0 Å². The average Bonchev–Trinajstić information content (AvgIpc) is 2.30. The van der Waals surface area contributed by atoms with Crippen LogP contribution in [0, 0.1) is 17.6 Å². The summed E-state index contributed by atoms with van der Waals surface area (Å²) in [5, 5.41) is 0. The first-order valence-corrected chi connectivity index (χ1v) is 8.29. The molecule has 1 aromatic carbocycles. The fourth-order valence-electron chi connectivity index (χ4n) is 2.11. The topological polar surface area (TPSA) is 46.6 Å². The van der Waals surface area contributed by atoms with Crippen molar-refractivity contribution >= 4 is 16.9 Å². The molecule has 1 saturated heterocycles. The third-order valence-corrected chi connectivity index (χ3v) is 4.73. The molecule has 0 bridgehead atoms. The molecule has 0 spiro atoms. The third kappa shape index (κ3) is 4.25. The molecule has 0 saturated carbocycles. The quantitative estimate of drug-likeness (QED) is 0.855. The van der Waals surface area contributed by atoms with E-state index in [0.29, 0.717) is 13.1 Å². The zero-order valence-corrected chi connectivity index (χ0v) is 13.6. The molecule has 0 radical (unpaired) electrons. The summed E-state index contributed by atoms with van der Waals surface area (Å²) in [5.41, 5.74) is -0.553. The molecule has 1 unspecified atom stereocenters. The lowest BCUT2D eigenvalue weighted by atomic mass is 10.0. The first-order valence-electron chi connectivity index (χ1n) is 6.97. The molecule has 0 aliphatic carbocycles. The number of halogens is 2. The van der Waals surface area contributed by atoms with Crippen LogP contribution in [0.25, 0.3) is 0 Å². The molecule has 4 nitrogen and oxygen atoms in total. The smallest absolute Gasteiger partial charge is 0.410 e. The number of carbonyl (C=O) groups is 1. The second kappa shape index (κ2) is 6.32. The van der Waals surface area contributed by atoms with E-state index in [1.807, 2.05) is 0 Å². The minimum Gasteiger partial charge on any atom is -0.444 e. The van der Waals surface area contributed by atoms with Crippen LogP contribution in [-0.2, 0) is 15.5 Å². The monoisotopic (exact) mass is 331 g/mol. The Balaban J connectivity index is 1.85. The lowest BCUT2D eigenvalue weighted by Gasteiger charge is -2.39. The van der Waals surface area contributed by atoms with Gasteiger partial charge in [0.15, 0.2) is 0 Å². The molecule has 7 heteroatoms. The Kier molecular flexibility index (Phi) is 4.84. The minimum absolute atomic E-state index is 0.00267. The summed E-state index contributed by atoms with van der Waals surface area (Å²) in [7, 11) is -1.55. The SMILES string of the molecule is CC(C)(C)OC(=O)N1CC(CS(=O)c2ccc(F)cc2F)C1. The van der Waals surface area contributed by atoms with E-state index in [0.717, 1.165) is 12.1 Å². The number of nitrogens with zero attached hydrogens (tertiary/aromatic N) is 1.